The molecule has 1 heterocycles. The quantitative estimate of drug-likeness (QED) is 0.575. The third-order valence-electron chi connectivity index (χ3n) is 4.04. The summed E-state index contributed by atoms with van der Waals surface area (Å²) in [6, 6.07) is 10.5. The van der Waals surface area contributed by atoms with E-state index < -0.39 is 11.9 Å². The number of carbonyl (C=O) groups is 2. The van der Waals surface area contributed by atoms with Gasteiger partial charge in [-0.1, -0.05) is 53.0 Å². The molecular formula is C20H18Cl2N2O3. The van der Waals surface area contributed by atoms with Crippen LogP contribution < -0.4 is 10.1 Å². The SMILES string of the molecule is CCOc1c(Cl)cc(/C=C2/NC(=O)N(Cc3ccc(C)cc3)C2=O)cc1Cl. The Labute approximate surface area is 167 Å². The second-order valence-corrected chi connectivity index (χ2v) is 6.93. The third kappa shape index (κ3) is 4.26. The molecule has 27 heavy (non-hydrogen) atoms. The second kappa shape index (κ2) is 8.03. The molecule has 5 nitrogen and oxygen atoms in total. The molecule has 0 radical (unpaired) electrons. The number of rotatable bonds is 5. The Kier molecular flexibility index (Phi) is 5.73. The largest absolute Gasteiger partial charge is 0.491 e. The highest BCUT2D eigenvalue weighted by Crippen LogP contribution is 2.35. The number of nitrogens with zero attached hydrogens (tertiary/aromatic N) is 1. The summed E-state index contributed by atoms with van der Waals surface area (Å²) < 4.78 is 5.39. The lowest BCUT2D eigenvalue weighted by Gasteiger charge is -2.12. The zero-order valence-electron chi connectivity index (χ0n) is 14.9. The summed E-state index contributed by atoms with van der Waals surface area (Å²) in [4.78, 5) is 26.0. The zero-order valence-corrected chi connectivity index (χ0v) is 16.4. The van der Waals surface area contributed by atoms with Crippen LogP contribution in [0.25, 0.3) is 6.08 Å². The lowest BCUT2D eigenvalue weighted by molar-refractivity contribution is -0.123. The van der Waals surface area contributed by atoms with Gasteiger partial charge in [-0.15, -0.1) is 0 Å². The average molecular weight is 405 g/mol. The van der Waals surface area contributed by atoms with Crippen molar-refractivity contribution in [3.63, 3.8) is 0 Å². The van der Waals surface area contributed by atoms with Gasteiger partial charge in [0.25, 0.3) is 5.91 Å². The summed E-state index contributed by atoms with van der Waals surface area (Å²) in [5.74, 6) is -0.00697. The first-order valence-corrected chi connectivity index (χ1v) is 9.16. The van der Waals surface area contributed by atoms with Gasteiger partial charge in [-0.3, -0.25) is 9.69 Å². The van der Waals surface area contributed by atoms with Crippen molar-refractivity contribution < 1.29 is 14.3 Å². The molecule has 1 saturated heterocycles. The minimum Gasteiger partial charge on any atom is -0.491 e. The Morgan fingerprint density at radius 1 is 1.11 bits per heavy atom. The topological polar surface area (TPSA) is 58.6 Å². The van der Waals surface area contributed by atoms with Gasteiger partial charge in [0.05, 0.1) is 23.2 Å². The van der Waals surface area contributed by atoms with Crippen LogP contribution in [0.5, 0.6) is 5.75 Å². The van der Waals surface area contributed by atoms with Gasteiger partial charge in [0, 0.05) is 0 Å². The summed E-state index contributed by atoms with van der Waals surface area (Å²) in [6.45, 7) is 4.44. The minimum atomic E-state index is -0.463. The molecule has 0 bridgehead atoms. The number of nitrogens with one attached hydrogen (secondary N) is 1. The van der Waals surface area contributed by atoms with Crippen molar-refractivity contribution in [3.05, 3.63) is 68.8 Å². The number of hydrogen-bond donors (Lipinski definition) is 1. The molecule has 2 aromatic rings. The first kappa shape index (κ1) is 19.3. The normalized spacial score (nSPS) is 15.4. The highest BCUT2D eigenvalue weighted by molar-refractivity contribution is 6.37. The van der Waals surface area contributed by atoms with E-state index in [4.69, 9.17) is 27.9 Å². The number of halogens is 2. The van der Waals surface area contributed by atoms with Gasteiger partial charge in [0.15, 0.2) is 5.75 Å². The molecule has 0 saturated carbocycles. The van der Waals surface area contributed by atoms with Crippen molar-refractivity contribution >= 4 is 41.2 Å². The molecule has 1 N–H and O–H groups in total. The summed E-state index contributed by atoms with van der Waals surface area (Å²) in [7, 11) is 0. The molecular weight excluding hydrogens is 387 g/mol. The standard InChI is InChI=1S/C20H18Cl2N2O3/c1-3-27-18-15(21)8-14(9-16(18)22)10-17-19(25)24(20(26)23-17)11-13-6-4-12(2)5-7-13/h4-10H,3,11H2,1-2H3,(H,23,26)/b17-10+. The van der Waals surface area contributed by atoms with Crippen LogP contribution in [0.15, 0.2) is 42.1 Å². The van der Waals surface area contributed by atoms with Crippen LogP contribution in [0.1, 0.15) is 23.6 Å². The van der Waals surface area contributed by atoms with E-state index in [0.717, 1.165) is 16.0 Å². The lowest BCUT2D eigenvalue weighted by atomic mass is 10.1. The number of urea groups is 1. The predicted molar refractivity (Wildman–Crippen MR) is 106 cm³/mol. The summed E-state index contributed by atoms with van der Waals surface area (Å²) in [6.07, 6.45) is 1.54. The summed E-state index contributed by atoms with van der Waals surface area (Å²) in [5.41, 5.74) is 2.75. The second-order valence-electron chi connectivity index (χ2n) is 6.11. The number of aryl methyl sites for hydroxylation is 1. The van der Waals surface area contributed by atoms with Crippen LogP contribution in [0.4, 0.5) is 4.79 Å². The van der Waals surface area contributed by atoms with Crippen molar-refractivity contribution in [2.24, 2.45) is 0 Å². The Balaban J connectivity index is 1.82. The number of carbonyl (C=O) groups excluding carboxylic acids is 2. The molecule has 0 unspecified atom stereocenters. The van der Waals surface area contributed by atoms with E-state index in [9.17, 15) is 9.59 Å². The Bertz CT molecular complexity index is 900. The van der Waals surface area contributed by atoms with E-state index in [-0.39, 0.29) is 12.2 Å². The molecule has 2 aromatic carbocycles. The Morgan fingerprint density at radius 3 is 2.33 bits per heavy atom. The monoisotopic (exact) mass is 404 g/mol. The fourth-order valence-electron chi connectivity index (χ4n) is 2.70. The fourth-order valence-corrected chi connectivity index (χ4v) is 3.32. The molecule has 1 aliphatic heterocycles. The van der Waals surface area contributed by atoms with Crippen LogP contribution in [0.2, 0.25) is 10.0 Å². The molecule has 7 heteroatoms. The van der Waals surface area contributed by atoms with Crippen LogP contribution in [0.3, 0.4) is 0 Å². The summed E-state index contributed by atoms with van der Waals surface area (Å²) >= 11 is 12.4. The van der Waals surface area contributed by atoms with Gasteiger partial charge < -0.3 is 10.1 Å². The molecule has 0 atom stereocenters. The van der Waals surface area contributed by atoms with Crippen molar-refractivity contribution in [1.82, 2.24) is 10.2 Å². The molecule has 1 aliphatic rings. The van der Waals surface area contributed by atoms with Crippen LogP contribution in [-0.2, 0) is 11.3 Å². The molecule has 0 aliphatic carbocycles. The maximum Gasteiger partial charge on any atom is 0.329 e. The van der Waals surface area contributed by atoms with Crippen molar-refractivity contribution in [1.29, 1.82) is 0 Å². The van der Waals surface area contributed by atoms with Gasteiger partial charge in [0.2, 0.25) is 0 Å². The highest BCUT2D eigenvalue weighted by Gasteiger charge is 2.33. The number of imide groups is 1. The zero-order chi connectivity index (χ0) is 19.6. The third-order valence-corrected chi connectivity index (χ3v) is 4.61. The van der Waals surface area contributed by atoms with Crippen LogP contribution in [-0.4, -0.2) is 23.4 Å². The molecule has 1 fully saturated rings. The molecule has 3 amide bonds. The van der Waals surface area contributed by atoms with Crippen molar-refractivity contribution in [2.45, 2.75) is 20.4 Å². The van der Waals surface area contributed by atoms with E-state index in [2.05, 4.69) is 5.32 Å². The molecule has 140 valence electrons. The van der Waals surface area contributed by atoms with Gasteiger partial charge in [-0.25, -0.2) is 4.79 Å². The van der Waals surface area contributed by atoms with E-state index >= 15 is 0 Å². The van der Waals surface area contributed by atoms with Crippen LogP contribution in [0, 0.1) is 6.92 Å². The average Bonchev–Trinajstić information content (AvgIpc) is 2.87. The maximum atomic E-state index is 12.6. The number of hydrogen-bond acceptors (Lipinski definition) is 3. The van der Waals surface area contributed by atoms with Crippen LogP contribution >= 0.6 is 23.2 Å². The van der Waals surface area contributed by atoms with Gasteiger partial charge >= 0.3 is 6.03 Å². The molecule has 0 spiro atoms. The van der Waals surface area contributed by atoms with Gasteiger partial charge in [-0.05, 0) is 43.2 Å². The fraction of sp³-hybridized carbons (Fsp3) is 0.200. The Morgan fingerprint density at radius 2 is 1.74 bits per heavy atom. The Hall–Kier alpha value is -2.50. The van der Waals surface area contributed by atoms with E-state index in [0.29, 0.717) is 28.0 Å². The van der Waals surface area contributed by atoms with E-state index in [1.165, 1.54) is 0 Å². The minimum absolute atomic E-state index is 0.170. The highest BCUT2D eigenvalue weighted by atomic mass is 35.5. The number of amides is 3. The van der Waals surface area contributed by atoms with E-state index in [1.54, 1.807) is 18.2 Å². The van der Waals surface area contributed by atoms with Gasteiger partial charge in [-0.2, -0.15) is 0 Å². The van der Waals surface area contributed by atoms with Crippen molar-refractivity contribution in [3.8, 4) is 5.75 Å². The number of ether oxygens (including phenoxy) is 1. The molecule has 0 aromatic heterocycles. The van der Waals surface area contributed by atoms with Gasteiger partial charge in [0.1, 0.15) is 5.70 Å². The smallest absolute Gasteiger partial charge is 0.329 e. The van der Waals surface area contributed by atoms with Crippen molar-refractivity contribution in [2.75, 3.05) is 6.61 Å². The first-order chi connectivity index (χ1) is 12.9. The molecule has 3 rings (SSSR count). The summed E-state index contributed by atoms with van der Waals surface area (Å²) in [5, 5.41) is 3.27. The maximum absolute atomic E-state index is 12.6. The first-order valence-electron chi connectivity index (χ1n) is 8.41. The van der Waals surface area contributed by atoms with E-state index in [1.807, 2.05) is 38.1 Å². The number of benzene rings is 2. The predicted octanol–water partition coefficient (Wildman–Crippen LogP) is 4.79. The lowest BCUT2D eigenvalue weighted by Crippen LogP contribution is -2.30.